The first-order valence-electron chi connectivity index (χ1n) is 11.2. The van der Waals surface area contributed by atoms with Crippen molar-refractivity contribution in [3.63, 3.8) is 0 Å². The maximum atomic E-state index is 5.55. The average molecular weight is 733 g/mol. The van der Waals surface area contributed by atoms with Gasteiger partial charge in [-0.25, -0.2) is 0 Å². The standard InChI is InChI=1S/C13H9N2.C12H7NO.C6H5.Ir.Y/c1-2-6-11-10(5-1)9-13(15-11)12-7-3-4-8-14-12;1-2-5-10-9(4-1)8-14-11-6-3-7-13-12(10)11;1-2-4-6-5-3-1;;/h1-9H;1-4,6H,8H2;1-5H;;/q-1;-2;-1;;. The summed E-state index contributed by atoms with van der Waals surface area (Å²) in [6.07, 6.45) is 4.60. The number of rotatable bonds is 1. The van der Waals surface area contributed by atoms with Crippen LogP contribution in [0.3, 0.4) is 0 Å². The third-order valence-electron chi connectivity index (χ3n) is 5.29. The molecule has 37 heavy (non-hydrogen) atoms. The van der Waals surface area contributed by atoms with Crippen LogP contribution in [0.5, 0.6) is 5.75 Å². The van der Waals surface area contributed by atoms with E-state index in [-0.39, 0.29) is 52.8 Å². The molecule has 0 spiro atoms. The molecule has 182 valence electrons. The molecular formula is C31H21IrN3OY-4. The molecule has 7 rings (SSSR count). The first-order valence-corrected chi connectivity index (χ1v) is 11.2. The van der Waals surface area contributed by atoms with Gasteiger partial charge >= 0.3 is 0 Å². The average Bonchev–Trinajstić information content (AvgIpc) is 3.40. The van der Waals surface area contributed by atoms with Crippen molar-refractivity contribution in [2.24, 2.45) is 0 Å². The summed E-state index contributed by atoms with van der Waals surface area (Å²) in [7, 11) is 0. The topological polar surface area (TPSA) is 49.1 Å². The molecule has 3 aromatic heterocycles. The minimum absolute atomic E-state index is 0. The van der Waals surface area contributed by atoms with Gasteiger partial charge in [0.15, 0.2) is 0 Å². The zero-order valence-electron chi connectivity index (χ0n) is 19.8. The van der Waals surface area contributed by atoms with Crippen molar-refractivity contribution in [3.8, 4) is 28.4 Å². The number of para-hydroxylation sites is 1. The first kappa shape index (κ1) is 28.6. The maximum absolute atomic E-state index is 5.55. The summed E-state index contributed by atoms with van der Waals surface area (Å²) in [6, 6.07) is 41.2. The van der Waals surface area contributed by atoms with E-state index >= 15 is 0 Å². The zero-order chi connectivity index (χ0) is 23.7. The van der Waals surface area contributed by atoms with Crippen molar-refractivity contribution in [1.29, 1.82) is 0 Å². The molecule has 0 amide bonds. The van der Waals surface area contributed by atoms with Gasteiger partial charge in [0.2, 0.25) is 0 Å². The van der Waals surface area contributed by atoms with Gasteiger partial charge in [-0.15, -0.1) is 47.1 Å². The van der Waals surface area contributed by atoms with Crippen LogP contribution in [0.25, 0.3) is 33.5 Å². The van der Waals surface area contributed by atoms with Crippen molar-refractivity contribution in [1.82, 2.24) is 15.0 Å². The molecule has 1 aliphatic rings. The molecule has 0 N–H and O–H groups in total. The molecule has 0 atom stereocenters. The van der Waals surface area contributed by atoms with Gasteiger partial charge in [0.1, 0.15) is 0 Å². The molecule has 3 aromatic carbocycles. The van der Waals surface area contributed by atoms with E-state index in [1.54, 1.807) is 12.3 Å². The monoisotopic (exact) mass is 733 g/mol. The van der Waals surface area contributed by atoms with Crippen LogP contribution in [0.2, 0.25) is 0 Å². The van der Waals surface area contributed by atoms with Crippen molar-refractivity contribution >= 4 is 10.9 Å². The summed E-state index contributed by atoms with van der Waals surface area (Å²) in [4.78, 5) is 13.0. The Balaban J connectivity index is 0.000000162. The molecule has 0 bridgehead atoms. The Hall–Kier alpha value is -2.95. The van der Waals surface area contributed by atoms with Crippen LogP contribution in [0.15, 0.2) is 115 Å². The molecule has 4 nitrogen and oxygen atoms in total. The second-order valence-corrected chi connectivity index (χ2v) is 7.64. The summed E-state index contributed by atoms with van der Waals surface area (Å²) in [5.74, 6) is 0.818. The molecule has 0 unspecified atom stereocenters. The van der Waals surface area contributed by atoms with E-state index in [0.29, 0.717) is 6.61 Å². The maximum Gasteiger partial charge on any atom is 0.0778 e. The minimum Gasteiger partial charge on any atom is -0.656 e. The number of hydrogen-bond acceptors (Lipinski definition) is 3. The van der Waals surface area contributed by atoms with E-state index in [0.717, 1.165) is 44.9 Å². The van der Waals surface area contributed by atoms with E-state index in [1.807, 2.05) is 91.0 Å². The van der Waals surface area contributed by atoms with E-state index in [9.17, 15) is 0 Å². The summed E-state index contributed by atoms with van der Waals surface area (Å²) in [5.41, 5.74) is 5.90. The number of pyridine rings is 2. The summed E-state index contributed by atoms with van der Waals surface area (Å²) >= 11 is 0. The van der Waals surface area contributed by atoms with E-state index in [2.05, 4.69) is 45.4 Å². The van der Waals surface area contributed by atoms with E-state index in [4.69, 9.17) is 4.74 Å². The number of hydrogen-bond donors (Lipinski definition) is 0. The molecule has 0 fully saturated rings. The second kappa shape index (κ2) is 14.7. The zero-order valence-corrected chi connectivity index (χ0v) is 25.1. The van der Waals surface area contributed by atoms with Gasteiger partial charge in [-0.1, -0.05) is 48.2 Å². The Morgan fingerprint density at radius 2 is 1.65 bits per heavy atom. The number of ether oxygens (including phenoxy) is 1. The quantitative estimate of drug-likeness (QED) is 0.179. The predicted molar refractivity (Wildman–Crippen MR) is 137 cm³/mol. The number of benzene rings is 3. The largest absolute Gasteiger partial charge is 0.656 e. The number of aromatic nitrogens is 3. The van der Waals surface area contributed by atoms with Gasteiger partial charge in [-0.3, -0.25) is 4.98 Å². The van der Waals surface area contributed by atoms with Gasteiger partial charge in [0.25, 0.3) is 0 Å². The van der Waals surface area contributed by atoms with Crippen molar-refractivity contribution in [2.45, 2.75) is 6.61 Å². The fourth-order valence-corrected chi connectivity index (χ4v) is 3.62. The summed E-state index contributed by atoms with van der Waals surface area (Å²) in [5, 5.41) is 1.16. The third-order valence-corrected chi connectivity index (χ3v) is 5.29. The Morgan fingerprint density at radius 1 is 0.811 bits per heavy atom. The van der Waals surface area contributed by atoms with Gasteiger partial charge < -0.3 is 14.7 Å². The van der Waals surface area contributed by atoms with Crippen LogP contribution in [0.4, 0.5) is 0 Å². The van der Waals surface area contributed by atoms with Crippen LogP contribution in [0.1, 0.15) is 5.56 Å². The van der Waals surface area contributed by atoms with E-state index < -0.39 is 0 Å². The van der Waals surface area contributed by atoms with Crippen molar-refractivity contribution in [2.75, 3.05) is 0 Å². The SMILES string of the molecule is [Ir].[Y].[c-]1ccc2c(n1)-c1[c-]cccc1CO2.[c-]1ccccc1.c1ccc(-c2cc3ccccc3[n-]2)nc1. The molecule has 6 heteroatoms. The predicted octanol–water partition coefficient (Wildman–Crippen LogP) is 6.58. The number of fused-ring (bicyclic) bond motifs is 4. The Morgan fingerprint density at radius 3 is 2.38 bits per heavy atom. The van der Waals surface area contributed by atoms with Crippen LogP contribution < -0.4 is 9.72 Å². The van der Waals surface area contributed by atoms with Gasteiger partial charge in [-0.05, 0) is 17.5 Å². The fourth-order valence-electron chi connectivity index (χ4n) is 3.62. The first-order chi connectivity index (χ1) is 17.4. The van der Waals surface area contributed by atoms with Crippen molar-refractivity contribution < 1.29 is 57.6 Å². The molecule has 0 saturated carbocycles. The third kappa shape index (κ3) is 7.53. The van der Waals surface area contributed by atoms with Gasteiger partial charge in [-0.2, -0.15) is 42.5 Å². The van der Waals surface area contributed by atoms with E-state index in [1.165, 1.54) is 0 Å². The Kier molecular flexibility index (Phi) is 11.4. The van der Waals surface area contributed by atoms with Gasteiger partial charge in [0.05, 0.1) is 6.61 Å². The normalized spacial score (nSPS) is 10.4. The summed E-state index contributed by atoms with van der Waals surface area (Å²) < 4.78 is 5.55. The molecule has 6 aromatic rings. The minimum atomic E-state index is 0. The molecular weight excluding hydrogens is 711 g/mol. The number of nitrogens with zero attached hydrogens (tertiary/aromatic N) is 3. The van der Waals surface area contributed by atoms with Gasteiger partial charge in [0, 0.05) is 76.1 Å². The summed E-state index contributed by atoms with van der Waals surface area (Å²) in [6.45, 7) is 0.603. The molecule has 0 saturated heterocycles. The van der Waals surface area contributed by atoms with Crippen molar-refractivity contribution in [3.05, 3.63) is 139 Å². The molecule has 1 aliphatic heterocycles. The van der Waals surface area contributed by atoms with Crippen LogP contribution >= 0.6 is 0 Å². The van der Waals surface area contributed by atoms with Crippen LogP contribution in [-0.2, 0) is 59.4 Å². The molecule has 2 radical (unpaired) electrons. The van der Waals surface area contributed by atoms with Crippen LogP contribution in [-0.4, -0.2) is 9.97 Å². The Labute approximate surface area is 255 Å². The Bertz CT molecular complexity index is 1400. The molecule has 4 heterocycles. The second-order valence-electron chi connectivity index (χ2n) is 7.64. The van der Waals surface area contributed by atoms with Crippen LogP contribution in [0, 0.1) is 18.3 Å². The fraction of sp³-hybridized carbons (Fsp3) is 0.0323. The smallest absolute Gasteiger partial charge is 0.0778 e. The molecule has 0 aliphatic carbocycles.